The molecule has 1 saturated heterocycles. The number of piperidine rings is 1. The van der Waals surface area contributed by atoms with Crippen LogP contribution in [0, 0.1) is 0 Å². The lowest BCUT2D eigenvalue weighted by atomic mass is 10.1. The number of carbonyl (C=O) groups excluding carboxylic acids is 1. The molecule has 98 valence electrons. The summed E-state index contributed by atoms with van der Waals surface area (Å²) in [7, 11) is 0. The van der Waals surface area contributed by atoms with Crippen molar-refractivity contribution in [1.29, 1.82) is 0 Å². The topological polar surface area (TPSA) is 32.3 Å². The summed E-state index contributed by atoms with van der Waals surface area (Å²) in [6, 6.07) is 3.38. The van der Waals surface area contributed by atoms with Gasteiger partial charge in [-0.2, -0.15) is 0 Å². The molecule has 0 radical (unpaired) electrons. The molecule has 1 aliphatic rings. The van der Waals surface area contributed by atoms with E-state index in [0.29, 0.717) is 20.2 Å². The normalized spacial score (nSPS) is 15.6. The highest BCUT2D eigenvalue weighted by Gasteiger charge is 2.18. The van der Waals surface area contributed by atoms with Crippen molar-refractivity contribution in [3.63, 3.8) is 0 Å². The van der Waals surface area contributed by atoms with Gasteiger partial charge in [0, 0.05) is 17.6 Å². The highest BCUT2D eigenvalue weighted by atomic mass is 79.9. The van der Waals surface area contributed by atoms with Crippen LogP contribution in [0.1, 0.15) is 19.3 Å². The molecule has 18 heavy (non-hydrogen) atoms. The highest BCUT2D eigenvalue weighted by molar-refractivity contribution is 9.10. The zero-order valence-corrected chi connectivity index (χ0v) is 12.8. The van der Waals surface area contributed by atoms with Crippen molar-refractivity contribution in [2.24, 2.45) is 0 Å². The van der Waals surface area contributed by atoms with E-state index in [0.717, 1.165) is 25.9 Å². The number of nitrogens with one attached hydrogen (secondary N) is 1. The minimum atomic E-state index is -0.116. The largest absolute Gasteiger partial charge is 0.325 e. The van der Waals surface area contributed by atoms with Gasteiger partial charge >= 0.3 is 6.03 Å². The SMILES string of the molecule is O=C(Nc1ccc(Br)c(Cl)c1Cl)N1CCCCC1. The van der Waals surface area contributed by atoms with Crippen LogP contribution in [0.15, 0.2) is 16.6 Å². The first-order valence-electron chi connectivity index (χ1n) is 5.79. The summed E-state index contributed by atoms with van der Waals surface area (Å²) in [5.74, 6) is 0. The highest BCUT2D eigenvalue weighted by Crippen LogP contribution is 2.35. The Morgan fingerprint density at radius 2 is 1.83 bits per heavy atom. The van der Waals surface area contributed by atoms with Crippen molar-refractivity contribution in [3.05, 3.63) is 26.7 Å². The maximum absolute atomic E-state index is 12.0. The molecule has 0 aliphatic carbocycles. The Morgan fingerprint density at radius 3 is 2.50 bits per heavy atom. The van der Waals surface area contributed by atoms with Crippen LogP contribution >= 0.6 is 39.1 Å². The summed E-state index contributed by atoms with van der Waals surface area (Å²) in [5, 5.41) is 3.57. The zero-order chi connectivity index (χ0) is 13.1. The molecule has 1 fully saturated rings. The first-order valence-corrected chi connectivity index (χ1v) is 7.34. The number of urea groups is 1. The first kappa shape index (κ1) is 14.0. The fourth-order valence-electron chi connectivity index (χ4n) is 1.91. The summed E-state index contributed by atoms with van der Waals surface area (Å²) >= 11 is 15.4. The van der Waals surface area contributed by atoms with Crippen LogP contribution in [0.3, 0.4) is 0 Å². The first-order chi connectivity index (χ1) is 8.59. The van der Waals surface area contributed by atoms with E-state index in [1.54, 1.807) is 17.0 Å². The van der Waals surface area contributed by atoms with Crippen molar-refractivity contribution in [1.82, 2.24) is 4.90 Å². The van der Waals surface area contributed by atoms with E-state index in [-0.39, 0.29) is 6.03 Å². The van der Waals surface area contributed by atoms with Crippen LogP contribution in [0.2, 0.25) is 10.0 Å². The number of nitrogens with zero attached hydrogens (tertiary/aromatic N) is 1. The predicted octanol–water partition coefficient (Wildman–Crippen LogP) is 4.77. The molecule has 1 aliphatic heterocycles. The number of rotatable bonds is 1. The van der Waals surface area contributed by atoms with Crippen LogP contribution in [0.4, 0.5) is 10.5 Å². The number of carbonyl (C=O) groups is 1. The van der Waals surface area contributed by atoms with Gasteiger partial charge in [-0.05, 0) is 47.3 Å². The van der Waals surface area contributed by atoms with E-state index in [9.17, 15) is 4.79 Å². The summed E-state index contributed by atoms with van der Waals surface area (Å²) < 4.78 is 0.713. The molecule has 0 unspecified atom stereocenters. The van der Waals surface area contributed by atoms with Gasteiger partial charge in [-0.1, -0.05) is 23.2 Å². The van der Waals surface area contributed by atoms with E-state index >= 15 is 0 Å². The molecule has 6 heteroatoms. The Balaban J connectivity index is 2.09. The van der Waals surface area contributed by atoms with Gasteiger partial charge in [0.05, 0.1) is 15.7 Å². The number of amides is 2. The summed E-state index contributed by atoms with van der Waals surface area (Å²) in [4.78, 5) is 13.8. The number of anilines is 1. The van der Waals surface area contributed by atoms with Crippen LogP contribution in [-0.2, 0) is 0 Å². The third kappa shape index (κ3) is 3.11. The number of hydrogen-bond donors (Lipinski definition) is 1. The maximum Gasteiger partial charge on any atom is 0.321 e. The standard InChI is InChI=1S/C12H13BrCl2N2O/c13-8-4-5-9(11(15)10(8)14)16-12(18)17-6-2-1-3-7-17/h4-5H,1-3,6-7H2,(H,16,18). The average Bonchev–Trinajstić information content (AvgIpc) is 2.40. The fourth-order valence-corrected chi connectivity index (χ4v) is 2.74. The van der Waals surface area contributed by atoms with Gasteiger partial charge < -0.3 is 10.2 Å². The summed E-state index contributed by atoms with van der Waals surface area (Å²) in [6.45, 7) is 1.60. The quantitative estimate of drug-likeness (QED) is 0.726. The van der Waals surface area contributed by atoms with Gasteiger partial charge in [-0.3, -0.25) is 0 Å². The van der Waals surface area contributed by atoms with Crippen LogP contribution in [-0.4, -0.2) is 24.0 Å². The third-order valence-corrected chi connectivity index (χ3v) is 4.69. The van der Waals surface area contributed by atoms with Crippen molar-refractivity contribution < 1.29 is 4.79 Å². The molecule has 0 bridgehead atoms. The molecule has 0 atom stereocenters. The Bertz CT molecular complexity index is 462. The van der Waals surface area contributed by atoms with Gasteiger partial charge in [0.25, 0.3) is 0 Å². The Labute approximate surface area is 125 Å². The lowest BCUT2D eigenvalue weighted by Gasteiger charge is -2.27. The maximum atomic E-state index is 12.0. The van der Waals surface area contributed by atoms with Gasteiger partial charge in [-0.25, -0.2) is 4.79 Å². The van der Waals surface area contributed by atoms with E-state index in [1.807, 2.05) is 0 Å². The second-order valence-corrected chi connectivity index (χ2v) is 5.81. The second kappa shape index (κ2) is 6.13. The molecular formula is C12H13BrCl2N2O. The molecule has 1 N–H and O–H groups in total. The number of likely N-dealkylation sites (tertiary alicyclic amines) is 1. The molecule has 2 amide bonds. The zero-order valence-electron chi connectivity index (χ0n) is 9.68. The molecule has 3 nitrogen and oxygen atoms in total. The lowest BCUT2D eigenvalue weighted by molar-refractivity contribution is 0.200. The fraction of sp³-hybridized carbons (Fsp3) is 0.417. The minimum Gasteiger partial charge on any atom is -0.325 e. The lowest BCUT2D eigenvalue weighted by Crippen LogP contribution is -2.38. The summed E-state index contributed by atoms with van der Waals surface area (Å²) in [5.41, 5.74) is 0.542. The van der Waals surface area contributed by atoms with Crippen LogP contribution < -0.4 is 5.32 Å². The molecule has 2 rings (SSSR count). The smallest absolute Gasteiger partial charge is 0.321 e. The van der Waals surface area contributed by atoms with Crippen LogP contribution in [0.25, 0.3) is 0 Å². The second-order valence-electron chi connectivity index (χ2n) is 4.20. The van der Waals surface area contributed by atoms with E-state index in [2.05, 4.69) is 21.2 Å². The van der Waals surface area contributed by atoms with E-state index in [4.69, 9.17) is 23.2 Å². The van der Waals surface area contributed by atoms with Gasteiger partial charge in [-0.15, -0.1) is 0 Å². The van der Waals surface area contributed by atoms with Crippen molar-refractivity contribution in [3.8, 4) is 0 Å². The molecule has 1 heterocycles. The number of benzene rings is 1. The molecule has 0 saturated carbocycles. The Kier molecular flexibility index (Phi) is 4.76. The molecule has 0 spiro atoms. The Morgan fingerprint density at radius 1 is 1.17 bits per heavy atom. The van der Waals surface area contributed by atoms with Gasteiger partial charge in [0.1, 0.15) is 0 Å². The average molecular weight is 352 g/mol. The molecule has 1 aromatic carbocycles. The van der Waals surface area contributed by atoms with E-state index in [1.165, 1.54) is 6.42 Å². The van der Waals surface area contributed by atoms with Crippen molar-refractivity contribution >= 4 is 50.9 Å². The van der Waals surface area contributed by atoms with Gasteiger partial charge in [0.15, 0.2) is 0 Å². The monoisotopic (exact) mass is 350 g/mol. The Hall–Kier alpha value is -0.450. The van der Waals surface area contributed by atoms with Crippen molar-refractivity contribution in [2.75, 3.05) is 18.4 Å². The van der Waals surface area contributed by atoms with E-state index < -0.39 is 0 Å². The number of hydrogen-bond acceptors (Lipinski definition) is 1. The van der Waals surface area contributed by atoms with Crippen molar-refractivity contribution in [2.45, 2.75) is 19.3 Å². The number of halogens is 3. The third-order valence-electron chi connectivity index (χ3n) is 2.92. The predicted molar refractivity (Wildman–Crippen MR) is 78.6 cm³/mol. The molecule has 1 aromatic rings. The summed E-state index contributed by atoms with van der Waals surface area (Å²) in [6.07, 6.45) is 3.30. The molecule has 0 aromatic heterocycles. The minimum absolute atomic E-state index is 0.116. The van der Waals surface area contributed by atoms with Gasteiger partial charge in [0.2, 0.25) is 0 Å². The van der Waals surface area contributed by atoms with Crippen LogP contribution in [0.5, 0.6) is 0 Å². The molecular weight excluding hydrogens is 339 g/mol.